The molecule has 10 heteroatoms. The Hall–Kier alpha value is -0.232. The number of carbonyl (C=O) groups is 2. The van der Waals surface area contributed by atoms with E-state index in [0.29, 0.717) is 0 Å². The van der Waals surface area contributed by atoms with Gasteiger partial charge in [0, 0.05) is 0 Å². The Balaban J connectivity index is 0.00000729. The summed E-state index contributed by atoms with van der Waals surface area (Å²) < 4.78 is 11.9. The summed E-state index contributed by atoms with van der Waals surface area (Å²) >= 11 is -1.20. The molecular weight excluding hydrogens is 446 g/mol. The summed E-state index contributed by atoms with van der Waals surface area (Å²) in [6.07, 6.45) is 4.33. The average Bonchev–Trinajstić information content (AvgIpc) is 2.58. The fraction of sp³-hybridized carbons (Fsp3) is 0.889. The average molecular weight is 484 g/mol. The molecule has 28 heavy (non-hydrogen) atoms. The first-order valence-corrected chi connectivity index (χ1v) is 14.1. The number of nitrogens with one attached hydrogen (secondary N) is 1. The third-order valence-corrected chi connectivity index (χ3v) is 9.88. The first kappa shape index (κ1) is 27.8. The molecular formula is C18H38AsN2O6P. The van der Waals surface area contributed by atoms with Gasteiger partial charge in [-0.1, -0.05) is 0 Å². The van der Waals surface area contributed by atoms with Gasteiger partial charge >= 0.3 is 169 Å². The van der Waals surface area contributed by atoms with E-state index in [4.69, 9.17) is 5.73 Å². The molecule has 7 N–H and O–H groups in total. The predicted molar refractivity (Wildman–Crippen MR) is 113 cm³/mol. The van der Waals surface area contributed by atoms with Gasteiger partial charge in [0.15, 0.2) is 0 Å². The molecule has 0 saturated heterocycles. The minimum Gasteiger partial charge on any atom is -0.412 e. The molecule has 1 fully saturated rings. The summed E-state index contributed by atoms with van der Waals surface area (Å²) in [6, 6.07) is -0.536. The first-order valence-electron chi connectivity index (χ1n) is 9.84. The number of carbonyl (C=O) groups excluding carboxylic acids is 2. The molecule has 1 amide bonds. The topological polar surface area (TPSA) is 161 Å². The molecule has 0 heterocycles. The fourth-order valence-corrected chi connectivity index (χ4v) is 7.89. The second-order valence-corrected chi connectivity index (χ2v) is 14.0. The summed E-state index contributed by atoms with van der Waals surface area (Å²) in [5.41, 5.74) is 5.83. The minimum absolute atomic E-state index is 0. The molecule has 0 aromatic carbocycles. The summed E-state index contributed by atoms with van der Waals surface area (Å²) in [4.78, 5) is 34.4. The zero-order valence-corrected chi connectivity index (χ0v) is 20.2. The molecule has 0 spiro atoms. The molecule has 0 aliphatic heterocycles. The zero-order chi connectivity index (χ0) is 20.6. The Morgan fingerprint density at radius 1 is 1.21 bits per heavy atom. The van der Waals surface area contributed by atoms with E-state index in [1.165, 1.54) is 6.42 Å². The van der Waals surface area contributed by atoms with E-state index in [9.17, 15) is 24.2 Å². The van der Waals surface area contributed by atoms with Crippen molar-refractivity contribution in [1.82, 2.24) is 5.32 Å². The second-order valence-electron chi connectivity index (χ2n) is 8.11. The van der Waals surface area contributed by atoms with Crippen molar-refractivity contribution in [2.75, 3.05) is 18.9 Å². The van der Waals surface area contributed by atoms with Gasteiger partial charge in [-0.3, -0.25) is 0 Å². The quantitative estimate of drug-likeness (QED) is 0.243. The number of amides is 1. The van der Waals surface area contributed by atoms with Gasteiger partial charge in [0.05, 0.1) is 0 Å². The molecule has 8 nitrogen and oxygen atoms in total. The van der Waals surface area contributed by atoms with Crippen molar-refractivity contribution in [2.45, 2.75) is 69.7 Å². The van der Waals surface area contributed by atoms with Gasteiger partial charge in [0.1, 0.15) is 0 Å². The Kier molecular flexibility index (Phi) is 13.0. The Morgan fingerprint density at radius 2 is 1.79 bits per heavy atom. The monoisotopic (exact) mass is 484 g/mol. The van der Waals surface area contributed by atoms with Crippen LogP contribution in [0.3, 0.4) is 0 Å². The van der Waals surface area contributed by atoms with Gasteiger partial charge in [-0.05, 0) is 0 Å². The Morgan fingerprint density at radius 3 is 2.32 bits per heavy atom. The molecule has 1 saturated carbocycles. The number of hydrogen-bond acceptors (Lipinski definition) is 5. The molecule has 2 unspecified atom stereocenters. The molecule has 1 aliphatic carbocycles. The van der Waals surface area contributed by atoms with Crippen LogP contribution in [0.2, 0.25) is 4.71 Å². The van der Waals surface area contributed by atoms with Crippen LogP contribution in [0.1, 0.15) is 52.9 Å². The molecule has 0 bridgehead atoms. The van der Waals surface area contributed by atoms with Crippen LogP contribution in [-0.4, -0.2) is 72.7 Å². The molecule has 166 valence electrons. The number of nitrogens with two attached hydrogens (primary N) is 1. The number of aliphatic hydroxyl groups excluding tert-OH is 1. The maximum Gasteiger partial charge on any atom is -0.412 e. The van der Waals surface area contributed by atoms with Crippen LogP contribution in [0.15, 0.2) is 0 Å². The first-order chi connectivity index (χ1) is 12.5. The molecule has 1 aliphatic rings. The van der Waals surface area contributed by atoms with Crippen LogP contribution >= 0.6 is 7.37 Å². The zero-order valence-electron chi connectivity index (χ0n) is 17.2. The summed E-state index contributed by atoms with van der Waals surface area (Å²) in [6.45, 7) is 5.36. The van der Waals surface area contributed by atoms with Crippen LogP contribution in [0.5, 0.6) is 0 Å². The number of hydrogen-bond donors (Lipinski definition) is 4. The fourth-order valence-electron chi connectivity index (χ4n) is 3.29. The van der Waals surface area contributed by atoms with E-state index < -0.39 is 40.0 Å². The van der Waals surface area contributed by atoms with Crippen molar-refractivity contribution in [2.24, 2.45) is 17.6 Å². The number of aliphatic hydroxyl groups is 1. The van der Waals surface area contributed by atoms with E-state index in [-0.39, 0.29) is 46.7 Å². The number of rotatable bonds is 11. The largest absolute Gasteiger partial charge is 0.412 e. The van der Waals surface area contributed by atoms with Crippen molar-refractivity contribution in [3.05, 3.63) is 0 Å². The smallest absolute Gasteiger partial charge is 0.412 e. The van der Waals surface area contributed by atoms with Crippen LogP contribution in [0.25, 0.3) is 0 Å². The van der Waals surface area contributed by atoms with Crippen molar-refractivity contribution in [1.29, 1.82) is 0 Å². The van der Waals surface area contributed by atoms with Crippen LogP contribution in [0.4, 0.5) is 0 Å². The minimum atomic E-state index is -3.41. The third-order valence-electron chi connectivity index (χ3n) is 5.05. The van der Waals surface area contributed by atoms with Gasteiger partial charge in [0.2, 0.25) is 0 Å². The van der Waals surface area contributed by atoms with Crippen LogP contribution in [-0.2, 0) is 14.2 Å². The van der Waals surface area contributed by atoms with E-state index >= 15 is 0 Å². The normalized spacial score (nSPS) is 21.0. The molecule has 0 radical (unpaired) electrons. The summed E-state index contributed by atoms with van der Waals surface area (Å²) in [5.74, 6) is -0.00224. The maximum atomic E-state index is 12.4. The van der Waals surface area contributed by atoms with E-state index in [0.717, 1.165) is 25.7 Å². The Bertz CT molecular complexity index is 542. The predicted octanol–water partition coefficient (Wildman–Crippen LogP) is 0.244. The Labute approximate surface area is 174 Å². The SMILES string of the molecule is CC(C)[C@H](N)C(=O)[AsH][C@@H](C)C(=O)NC[C@@H](O)CP(=O)(O)CC1CCCCC1.O. The van der Waals surface area contributed by atoms with Gasteiger partial charge in [-0.2, -0.15) is 0 Å². The van der Waals surface area contributed by atoms with Crippen molar-refractivity contribution < 1.29 is 29.6 Å². The second kappa shape index (κ2) is 13.1. The standard InChI is InChI=1S/C18H36AsN2O5P.H2O/c1-12(2)16(20)17(23)19-13(3)18(24)21-9-15(22)11-27(25,26)10-14-7-5-4-6-8-14;/h12-16,19,22H,4-11,20H2,1-3H3,(H,21,24)(H,25,26);1H2/t13-,15+,16-;/m0./s1. The third kappa shape index (κ3) is 10.5. The molecule has 5 atom stereocenters. The van der Waals surface area contributed by atoms with Gasteiger partial charge in [0.25, 0.3) is 0 Å². The van der Waals surface area contributed by atoms with Gasteiger partial charge < -0.3 is 5.48 Å². The molecule has 1 rings (SSSR count). The van der Waals surface area contributed by atoms with Crippen molar-refractivity contribution in [3.63, 3.8) is 0 Å². The summed E-state index contributed by atoms with van der Waals surface area (Å²) in [5, 5.41) is 12.7. The van der Waals surface area contributed by atoms with Crippen LogP contribution < -0.4 is 11.1 Å². The maximum absolute atomic E-state index is 12.4. The van der Waals surface area contributed by atoms with Crippen LogP contribution in [0, 0.1) is 11.8 Å². The van der Waals surface area contributed by atoms with E-state index in [1.54, 1.807) is 6.92 Å². The summed E-state index contributed by atoms with van der Waals surface area (Å²) in [7, 11) is -3.41. The van der Waals surface area contributed by atoms with Gasteiger partial charge in [-0.25, -0.2) is 0 Å². The molecule has 0 aromatic rings. The van der Waals surface area contributed by atoms with Gasteiger partial charge in [-0.15, -0.1) is 0 Å². The van der Waals surface area contributed by atoms with Crippen molar-refractivity contribution in [3.8, 4) is 0 Å². The molecule has 0 aromatic heterocycles. The van der Waals surface area contributed by atoms with E-state index in [1.807, 2.05) is 13.8 Å². The van der Waals surface area contributed by atoms with E-state index in [2.05, 4.69) is 5.32 Å². The van der Waals surface area contributed by atoms with Crippen molar-refractivity contribution >= 4 is 33.6 Å².